The van der Waals surface area contributed by atoms with Gasteiger partial charge in [0.05, 0.1) is 0 Å². The zero-order chi connectivity index (χ0) is 35.0. The van der Waals surface area contributed by atoms with Crippen molar-refractivity contribution in [1.82, 2.24) is 4.90 Å². The van der Waals surface area contributed by atoms with Crippen LogP contribution >= 0.6 is 0 Å². The largest absolute Gasteiger partial charge is 0.480 e. The summed E-state index contributed by atoms with van der Waals surface area (Å²) < 4.78 is 0. The Hall–Kier alpha value is -1.53. The molecule has 0 aliphatic carbocycles. The van der Waals surface area contributed by atoms with Crippen LogP contribution in [0.1, 0.15) is 174 Å². The zero-order valence-corrected chi connectivity index (χ0v) is 32.2. The maximum atomic E-state index is 13.0. The summed E-state index contributed by atoms with van der Waals surface area (Å²) in [6.45, 7) is 5.00. The molecule has 0 aromatic rings. The molecular formula is C35H68N4NaO7. The first-order chi connectivity index (χ1) is 22.0. The predicted molar refractivity (Wildman–Crippen MR) is 190 cm³/mol. The standard InChI is InChI=1S/C29H54N2O5.C6H14N2O2.Na/c1-3-5-7-9-11-13-15-17-19-21-27(33)31(25(29(35)36)23-24-26(30)32)28(34)22-20-18-16-14-12-10-8-6-4-2;7-4-2-1-3-5(8)6(9)10;/h25H,3-24H2,1-2H3,(H2,30,32)(H,35,36);5H,1-4,7-8H2,(H,9,10);/t25-;5-;/m00./s1. The first-order valence-electron chi connectivity index (χ1n) is 18.1. The van der Waals surface area contributed by atoms with Gasteiger partial charge in [0.1, 0.15) is 12.1 Å². The summed E-state index contributed by atoms with van der Waals surface area (Å²) in [7, 11) is 0. The van der Waals surface area contributed by atoms with Crippen molar-refractivity contribution in [2.24, 2.45) is 17.2 Å². The number of amides is 3. The minimum absolute atomic E-state index is 0. The number of carboxylic acid groups (broad SMARTS) is 2. The van der Waals surface area contributed by atoms with Gasteiger partial charge in [-0.15, -0.1) is 0 Å². The first-order valence-corrected chi connectivity index (χ1v) is 18.1. The average Bonchev–Trinajstić information content (AvgIpc) is 3.01. The van der Waals surface area contributed by atoms with Crippen LogP contribution in [0.3, 0.4) is 0 Å². The zero-order valence-electron chi connectivity index (χ0n) is 30.2. The number of nitrogens with zero attached hydrogens (tertiary/aromatic N) is 1. The molecule has 11 nitrogen and oxygen atoms in total. The Labute approximate surface area is 307 Å². The summed E-state index contributed by atoms with van der Waals surface area (Å²) >= 11 is 0. The predicted octanol–water partition coefficient (Wildman–Crippen LogP) is 6.05. The fourth-order valence-corrected chi connectivity index (χ4v) is 5.18. The molecule has 0 spiro atoms. The van der Waals surface area contributed by atoms with Crippen molar-refractivity contribution < 1.29 is 34.2 Å². The molecular weight excluding hydrogens is 611 g/mol. The second-order valence-electron chi connectivity index (χ2n) is 12.4. The molecule has 3 amide bonds. The third-order valence-electron chi connectivity index (χ3n) is 8.07. The Balaban J connectivity index is -0.00000151. The number of hydrogen-bond acceptors (Lipinski definition) is 7. The number of unbranched alkanes of at least 4 members (excludes halogenated alkanes) is 17. The summed E-state index contributed by atoms with van der Waals surface area (Å²) in [5.41, 5.74) is 15.6. The van der Waals surface area contributed by atoms with E-state index in [0.717, 1.165) is 56.3 Å². The van der Waals surface area contributed by atoms with Crippen LogP contribution in [-0.4, -0.2) is 93.0 Å². The van der Waals surface area contributed by atoms with Crippen LogP contribution in [0.25, 0.3) is 0 Å². The summed E-state index contributed by atoms with van der Waals surface area (Å²) in [5.74, 6) is -3.74. The Morgan fingerprint density at radius 1 is 0.553 bits per heavy atom. The molecule has 0 aliphatic rings. The second kappa shape index (κ2) is 35.8. The third-order valence-corrected chi connectivity index (χ3v) is 8.07. The van der Waals surface area contributed by atoms with Crippen molar-refractivity contribution in [2.45, 2.75) is 186 Å². The van der Waals surface area contributed by atoms with Gasteiger partial charge in [0.25, 0.3) is 0 Å². The van der Waals surface area contributed by atoms with E-state index in [1.165, 1.54) is 64.2 Å². The van der Waals surface area contributed by atoms with Crippen LogP contribution < -0.4 is 17.2 Å². The second-order valence-corrected chi connectivity index (χ2v) is 12.4. The maximum Gasteiger partial charge on any atom is 0.326 e. The van der Waals surface area contributed by atoms with Gasteiger partial charge in [0, 0.05) is 48.8 Å². The van der Waals surface area contributed by atoms with Crippen molar-refractivity contribution >= 4 is 59.2 Å². The quantitative estimate of drug-likeness (QED) is 0.0442. The van der Waals surface area contributed by atoms with E-state index < -0.39 is 41.7 Å². The van der Waals surface area contributed by atoms with Gasteiger partial charge in [-0.25, -0.2) is 4.79 Å². The van der Waals surface area contributed by atoms with E-state index >= 15 is 0 Å². The number of carbonyl (C=O) groups excluding carboxylic acids is 3. The van der Waals surface area contributed by atoms with E-state index in [2.05, 4.69) is 13.8 Å². The summed E-state index contributed by atoms with van der Waals surface area (Å²) in [6.07, 6.45) is 22.0. The molecule has 0 heterocycles. The van der Waals surface area contributed by atoms with Crippen LogP contribution in [0, 0.1) is 0 Å². The molecule has 8 N–H and O–H groups in total. The number of carbonyl (C=O) groups is 5. The van der Waals surface area contributed by atoms with Gasteiger partial charge in [-0.05, 0) is 38.6 Å². The van der Waals surface area contributed by atoms with Crippen molar-refractivity contribution in [2.75, 3.05) is 6.54 Å². The first kappa shape index (κ1) is 49.9. The number of carboxylic acids is 2. The van der Waals surface area contributed by atoms with Crippen molar-refractivity contribution in [3.05, 3.63) is 0 Å². The monoisotopic (exact) mass is 679 g/mol. The topological polar surface area (TPSA) is 207 Å². The van der Waals surface area contributed by atoms with Gasteiger partial charge < -0.3 is 27.4 Å². The number of rotatable bonds is 30. The SMILES string of the molecule is CCCCCCCCCCCC(=O)N(C(=O)CCCCCCCCCCC)[C@@H](CCC(N)=O)C(=O)O.NCCCC[C@H](N)C(=O)O.[Na]. The van der Waals surface area contributed by atoms with Crippen LogP contribution in [0.2, 0.25) is 0 Å². The van der Waals surface area contributed by atoms with Crippen molar-refractivity contribution in [1.29, 1.82) is 0 Å². The van der Waals surface area contributed by atoms with E-state index in [9.17, 15) is 29.1 Å². The summed E-state index contributed by atoms with van der Waals surface area (Å²) in [6, 6.07) is -2.05. The molecule has 0 unspecified atom stereocenters. The van der Waals surface area contributed by atoms with Crippen molar-refractivity contribution in [3.63, 3.8) is 0 Å². The Bertz CT molecular complexity index is 783. The molecule has 47 heavy (non-hydrogen) atoms. The maximum absolute atomic E-state index is 13.0. The third kappa shape index (κ3) is 31.5. The molecule has 2 atom stereocenters. The van der Waals surface area contributed by atoms with Gasteiger partial charge in [0.15, 0.2) is 0 Å². The molecule has 0 bridgehead atoms. The van der Waals surface area contributed by atoms with Crippen molar-refractivity contribution in [3.8, 4) is 0 Å². The molecule has 12 heteroatoms. The number of hydrogen-bond donors (Lipinski definition) is 5. The Morgan fingerprint density at radius 2 is 0.936 bits per heavy atom. The molecule has 271 valence electrons. The minimum Gasteiger partial charge on any atom is -0.480 e. The molecule has 0 saturated carbocycles. The molecule has 0 rings (SSSR count). The van der Waals surface area contributed by atoms with Gasteiger partial charge in [-0.2, -0.15) is 0 Å². The van der Waals surface area contributed by atoms with Gasteiger partial charge in [-0.1, -0.05) is 123 Å². The van der Waals surface area contributed by atoms with Crippen LogP contribution in [0.15, 0.2) is 0 Å². The van der Waals surface area contributed by atoms with E-state index in [4.69, 9.17) is 22.3 Å². The van der Waals surface area contributed by atoms with E-state index in [-0.39, 0.29) is 55.2 Å². The van der Waals surface area contributed by atoms with Crippen LogP contribution in [0.4, 0.5) is 0 Å². The number of nitrogens with two attached hydrogens (primary N) is 3. The number of imide groups is 1. The van der Waals surface area contributed by atoms with E-state index in [0.29, 0.717) is 25.8 Å². The number of primary amides is 1. The fraction of sp³-hybridized carbons (Fsp3) is 0.857. The van der Waals surface area contributed by atoms with Gasteiger partial charge >= 0.3 is 11.9 Å². The molecule has 1 radical (unpaired) electrons. The van der Waals surface area contributed by atoms with Gasteiger partial charge in [-0.3, -0.25) is 24.1 Å². The van der Waals surface area contributed by atoms with E-state index in [1.54, 1.807) is 0 Å². The Kier molecular flexibility index (Phi) is 37.9. The van der Waals surface area contributed by atoms with Gasteiger partial charge in [0.2, 0.25) is 17.7 Å². The summed E-state index contributed by atoms with van der Waals surface area (Å²) in [5, 5.41) is 18.0. The number of aliphatic carboxylic acids is 2. The molecule has 0 aromatic carbocycles. The smallest absolute Gasteiger partial charge is 0.326 e. The van der Waals surface area contributed by atoms with Crippen LogP contribution in [0.5, 0.6) is 0 Å². The molecule has 0 saturated heterocycles. The van der Waals surface area contributed by atoms with E-state index in [1.807, 2.05) is 0 Å². The fourth-order valence-electron chi connectivity index (χ4n) is 5.18. The van der Waals surface area contributed by atoms with Crippen LogP contribution in [-0.2, 0) is 24.0 Å². The molecule has 0 aromatic heterocycles. The average molecular weight is 680 g/mol. The molecule has 0 fully saturated rings. The Morgan fingerprint density at radius 3 is 1.26 bits per heavy atom. The summed E-state index contributed by atoms with van der Waals surface area (Å²) in [4.78, 5) is 60.1. The molecule has 0 aliphatic heterocycles. The minimum atomic E-state index is -1.34. The normalized spacial score (nSPS) is 11.8.